The number of benzene rings is 1. The van der Waals surface area contributed by atoms with E-state index in [0.717, 1.165) is 36.9 Å². The van der Waals surface area contributed by atoms with E-state index in [0.29, 0.717) is 6.79 Å². The third-order valence-electron chi connectivity index (χ3n) is 3.64. The van der Waals surface area contributed by atoms with Gasteiger partial charge < -0.3 is 14.2 Å². The van der Waals surface area contributed by atoms with Crippen molar-refractivity contribution in [2.45, 2.75) is 18.8 Å². The fourth-order valence-electron chi connectivity index (χ4n) is 2.61. The number of ether oxygens (including phenoxy) is 3. The van der Waals surface area contributed by atoms with Crippen LogP contribution in [0.4, 0.5) is 0 Å². The molecule has 1 saturated heterocycles. The first-order chi connectivity index (χ1) is 8.25. The molecule has 0 saturated carbocycles. The van der Waals surface area contributed by atoms with Gasteiger partial charge in [0.25, 0.3) is 0 Å². The Hall–Kier alpha value is -0.870. The predicted octanol–water partition coefficient (Wildman–Crippen LogP) is 2.31. The predicted molar refractivity (Wildman–Crippen MR) is 68.3 cm³/mol. The molecular weight excluding hydrogens is 236 g/mol. The molecule has 0 aliphatic carbocycles. The highest BCUT2D eigenvalue weighted by Crippen LogP contribution is 2.43. The molecular formula is C13H16O3S. The third-order valence-corrected chi connectivity index (χ3v) is 3.86. The molecule has 0 atom stereocenters. The maximum absolute atomic E-state index is 5.45. The molecule has 2 heterocycles. The summed E-state index contributed by atoms with van der Waals surface area (Å²) in [5, 5.41) is 0. The van der Waals surface area contributed by atoms with Gasteiger partial charge in [-0.1, -0.05) is 0 Å². The summed E-state index contributed by atoms with van der Waals surface area (Å²) in [7, 11) is 0. The highest BCUT2D eigenvalue weighted by atomic mass is 32.1. The Morgan fingerprint density at radius 2 is 1.94 bits per heavy atom. The second-order valence-corrected chi connectivity index (χ2v) is 5.21. The van der Waals surface area contributed by atoms with E-state index in [-0.39, 0.29) is 5.41 Å². The minimum Gasteiger partial charge on any atom is -0.454 e. The lowest BCUT2D eigenvalue weighted by atomic mass is 9.74. The Balaban J connectivity index is 2.02. The largest absolute Gasteiger partial charge is 0.454 e. The molecule has 1 fully saturated rings. The van der Waals surface area contributed by atoms with Crippen molar-refractivity contribution in [2.24, 2.45) is 0 Å². The van der Waals surface area contributed by atoms with Gasteiger partial charge in [0.2, 0.25) is 6.79 Å². The summed E-state index contributed by atoms with van der Waals surface area (Å²) in [6, 6.07) is 4.18. The van der Waals surface area contributed by atoms with Crippen LogP contribution in [0, 0.1) is 6.92 Å². The van der Waals surface area contributed by atoms with Crippen LogP contribution in [0.15, 0.2) is 12.1 Å². The number of aryl methyl sites for hydroxylation is 1. The van der Waals surface area contributed by atoms with Crippen LogP contribution in [0.25, 0.3) is 0 Å². The number of thiol groups is 1. The first-order valence-electron chi connectivity index (χ1n) is 5.84. The zero-order valence-corrected chi connectivity index (χ0v) is 10.8. The number of hydrogen-bond acceptors (Lipinski definition) is 4. The molecule has 0 spiro atoms. The molecule has 2 aliphatic rings. The van der Waals surface area contributed by atoms with Crippen molar-refractivity contribution in [3.8, 4) is 11.5 Å². The van der Waals surface area contributed by atoms with Crippen LogP contribution >= 0.6 is 12.6 Å². The summed E-state index contributed by atoms with van der Waals surface area (Å²) in [5.41, 5.74) is 2.70. The van der Waals surface area contributed by atoms with Crippen LogP contribution in [0.3, 0.4) is 0 Å². The topological polar surface area (TPSA) is 27.7 Å². The molecule has 2 aliphatic heterocycles. The Morgan fingerprint density at radius 1 is 1.24 bits per heavy atom. The van der Waals surface area contributed by atoms with Crippen molar-refractivity contribution in [1.82, 2.24) is 0 Å². The molecule has 0 N–H and O–H groups in total. The average molecular weight is 252 g/mol. The Kier molecular flexibility index (Phi) is 2.71. The Morgan fingerprint density at radius 3 is 2.53 bits per heavy atom. The maximum atomic E-state index is 5.45. The molecule has 92 valence electrons. The summed E-state index contributed by atoms with van der Waals surface area (Å²) in [5.74, 6) is 2.58. The van der Waals surface area contributed by atoms with Gasteiger partial charge in [0.05, 0.1) is 13.2 Å². The van der Waals surface area contributed by atoms with Crippen LogP contribution in [0.5, 0.6) is 11.5 Å². The van der Waals surface area contributed by atoms with E-state index in [1.807, 2.05) is 0 Å². The molecule has 0 unspecified atom stereocenters. The van der Waals surface area contributed by atoms with Gasteiger partial charge in [0, 0.05) is 5.41 Å². The van der Waals surface area contributed by atoms with Gasteiger partial charge in [-0.2, -0.15) is 12.6 Å². The van der Waals surface area contributed by atoms with Crippen molar-refractivity contribution in [2.75, 3.05) is 25.8 Å². The Labute approximate surface area is 106 Å². The van der Waals surface area contributed by atoms with E-state index >= 15 is 0 Å². The smallest absolute Gasteiger partial charge is 0.231 e. The molecule has 0 amide bonds. The molecule has 17 heavy (non-hydrogen) atoms. The van der Waals surface area contributed by atoms with E-state index in [1.54, 1.807) is 0 Å². The van der Waals surface area contributed by atoms with Crippen molar-refractivity contribution >= 4 is 12.6 Å². The lowest BCUT2D eigenvalue weighted by molar-refractivity contribution is -0.0617. The standard InChI is InChI=1S/C13H16O3S/c1-9-4-11-12(16-8-15-11)5-10(9)13(2-3-17)6-14-7-13/h4-5,17H,2-3,6-8H2,1H3. The van der Waals surface area contributed by atoms with E-state index in [4.69, 9.17) is 14.2 Å². The van der Waals surface area contributed by atoms with Gasteiger partial charge >= 0.3 is 0 Å². The lowest BCUT2D eigenvalue weighted by Gasteiger charge is -2.42. The summed E-state index contributed by atoms with van der Waals surface area (Å²) < 4.78 is 16.3. The molecule has 4 heteroatoms. The summed E-state index contributed by atoms with van der Waals surface area (Å²) >= 11 is 4.36. The average Bonchev–Trinajstić information content (AvgIpc) is 2.69. The molecule has 1 aromatic carbocycles. The van der Waals surface area contributed by atoms with Crippen molar-refractivity contribution in [3.63, 3.8) is 0 Å². The van der Waals surface area contributed by atoms with Gasteiger partial charge in [-0.3, -0.25) is 0 Å². The molecule has 0 bridgehead atoms. The van der Waals surface area contributed by atoms with Gasteiger partial charge in [-0.05, 0) is 42.4 Å². The zero-order chi connectivity index (χ0) is 11.9. The normalized spacial score (nSPS) is 20.1. The number of hydrogen-bond donors (Lipinski definition) is 1. The van der Waals surface area contributed by atoms with Crippen LogP contribution in [0.1, 0.15) is 17.5 Å². The second-order valence-electron chi connectivity index (χ2n) is 4.77. The fraction of sp³-hybridized carbons (Fsp3) is 0.538. The summed E-state index contributed by atoms with van der Waals surface area (Å²) in [6.07, 6.45) is 1.04. The van der Waals surface area contributed by atoms with E-state index in [9.17, 15) is 0 Å². The molecule has 3 nitrogen and oxygen atoms in total. The highest BCUT2D eigenvalue weighted by molar-refractivity contribution is 7.80. The monoisotopic (exact) mass is 252 g/mol. The fourth-order valence-corrected chi connectivity index (χ4v) is 3.04. The van der Waals surface area contributed by atoms with Crippen LogP contribution in [0.2, 0.25) is 0 Å². The van der Waals surface area contributed by atoms with Crippen molar-refractivity contribution in [3.05, 3.63) is 23.3 Å². The summed E-state index contributed by atoms with van der Waals surface area (Å²) in [4.78, 5) is 0. The SMILES string of the molecule is Cc1cc2c(cc1C1(CCS)COC1)OCO2. The van der Waals surface area contributed by atoms with Crippen LogP contribution in [-0.2, 0) is 10.2 Å². The van der Waals surface area contributed by atoms with Crippen LogP contribution in [-0.4, -0.2) is 25.8 Å². The van der Waals surface area contributed by atoms with Crippen molar-refractivity contribution in [1.29, 1.82) is 0 Å². The third kappa shape index (κ3) is 1.70. The first kappa shape index (κ1) is 11.2. The zero-order valence-electron chi connectivity index (χ0n) is 9.86. The maximum Gasteiger partial charge on any atom is 0.231 e. The van der Waals surface area contributed by atoms with Gasteiger partial charge in [-0.15, -0.1) is 0 Å². The molecule has 0 aromatic heterocycles. The Bertz CT molecular complexity index is 441. The van der Waals surface area contributed by atoms with Crippen molar-refractivity contribution < 1.29 is 14.2 Å². The van der Waals surface area contributed by atoms with Gasteiger partial charge in [0.15, 0.2) is 11.5 Å². The minimum atomic E-state index is 0.132. The van der Waals surface area contributed by atoms with E-state index in [2.05, 4.69) is 31.7 Å². The number of fused-ring (bicyclic) bond motifs is 1. The van der Waals surface area contributed by atoms with Crippen LogP contribution < -0.4 is 9.47 Å². The lowest BCUT2D eigenvalue weighted by Crippen LogP contribution is -2.47. The molecule has 0 radical (unpaired) electrons. The highest BCUT2D eigenvalue weighted by Gasteiger charge is 2.41. The number of rotatable bonds is 3. The van der Waals surface area contributed by atoms with E-state index < -0.39 is 0 Å². The van der Waals surface area contributed by atoms with Gasteiger partial charge in [-0.25, -0.2) is 0 Å². The van der Waals surface area contributed by atoms with Gasteiger partial charge in [0.1, 0.15) is 0 Å². The van der Waals surface area contributed by atoms with E-state index in [1.165, 1.54) is 11.1 Å². The second kappa shape index (κ2) is 4.10. The minimum absolute atomic E-state index is 0.132. The molecule has 3 rings (SSSR count). The summed E-state index contributed by atoms with van der Waals surface area (Å²) in [6.45, 7) is 4.02. The first-order valence-corrected chi connectivity index (χ1v) is 6.48. The molecule has 1 aromatic rings. The quantitative estimate of drug-likeness (QED) is 0.837.